The van der Waals surface area contributed by atoms with Crippen molar-refractivity contribution in [3.63, 3.8) is 0 Å². The summed E-state index contributed by atoms with van der Waals surface area (Å²) in [6.45, 7) is 3.75. The van der Waals surface area contributed by atoms with Gasteiger partial charge in [0.15, 0.2) is 0 Å². The molecule has 3 heterocycles. The smallest absolute Gasteiger partial charge is 0.261 e. The van der Waals surface area contributed by atoms with E-state index in [0.29, 0.717) is 16.4 Å². The molecule has 0 amide bonds. The van der Waals surface area contributed by atoms with E-state index in [1.165, 1.54) is 23.5 Å². The number of pyridine rings is 1. The number of aryl methyl sites for hydroxylation is 2. The summed E-state index contributed by atoms with van der Waals surface area (Å²) in [5.74, 6) is 0. The third-order valence-electron chi connectivity index (χ3n) is 4.07. The van der Waals surface area contributed by atoms with Gasteiger partial charge in [-0.1, -0.05) is 22.8 Å². The molecule has 0 aliphatic heterocycles. The Morgan fingerprint density at radius 2 is 2.04 bits per heavy atom. The second-order valence-corrected chi connectivity index (χ2v) is 9.14. The van der Waals surface area contributed by atoms with E-state index >= 15 is 0 Å². The molecule has 0 atom stereocenters. The number of anilines is 1. The van der Waals surface area contributed by atoms with E-state index in [2.05, 4.69) is 14.9 Å². The number of rotatable bonds is 4. The standard InChI is InChI=1S/C18H14ClN3O3S2/c1-10-6-15(22-27(23,24)14-5-3-4-13(19)7-14)16-11(2)17(26-18(16)21-10)12-8-20-25-9-12/h3-9H,1-2H3,(H,21,22). The molecule has 9 heteroatoms. The molecule has 1 aromatic carbocycles. The Kier molecular flexibility index (Phi) is 4.41. The Bertz CT molecular complexity index is 1250. The highest BCUT2D eigenvalue weighted by molar-refractivity contribution is 7.92. The van der Waals surface area contributed by atoms with Gasteiger partial charge in [0.05, 0.1) is 22.3 Å². The molecule has 1 N–H and O–H groups in total. The maximum Gasteiger partial charge on any atom is 0.261 e. The maximum atomic E-state index is 12.8. The first-order valence-electron chi connectivity index (χ1n) is 7.94. The van der Waals surface area contributed by atoms with Crippen LogP contribution in [0.25, 0.3) is 20.7 Å². The Labute approximate surface area is 164 Å². The van der Waals surface area contributed by atoms with Gasteiger partial charge in [-0.25, -0.2) is 13.4 Å². The summed E-state index contributed by atoms with van der Waals surface area (Å²) in [6.07, 6.45) is 3.18. The van der Waals surface area contributed by atoms with Crippen LogP contribution >= 0.6 is 22.9 Å². The highest BCUT2D eigenvalue weighted by Crippen LogP contribution is 2.41. The van der Waals surface area contributed by atoms with Crippen LogP contribution in [-0.4, -0.2) is 18.6 Å². The van der Waals surface area contributed by atoms with Crippen molar-refractivity contribution in [2.45, 2.75) is 18.7 Å². The number of fused-ring (bicyclic) bond motifs is 1. The molecular weight excluding hydrogens is 406 g/mol. The van der Waals surface area contributed by atoms with Gasteiger partial charge in [-0.05, 0) is 43.7 Å². The normalized spacial score (nSPS) is 11.8. The number of aromatic nitrogens is 2. The van der Waals surface area contributed by atoms with E-state index in [-0.39, 0.29) is 4.90 Å². The van der Waals surface area contributed by atoms with Gasteiger partial charge in [-0.2, -0.15) is 0 Å². The van der Waals surface area contributed by atoms with Crippen LogP contribution in [0.4, 0.5) is 5.69 Å². The van der Waals surface area contributed by atoms with Gasteiger partial charge in [-0.3, -0.25) is 4.72 Å². The lowest BCUT2D eigenvalue weighted by Gasteiger charge is -2.11. The predicted molar refractivity (Wildman–Crippen MR) is 107 cm³/mol. The monoisotopic (exact) mass is 419 g/mol. The minimum atomic E-state index is -3.79. The van der Waals surface area contributed by atoms with Gasteiger partial charge in [0.2, 0.25) is 0 Å². The summed E-state index contributed by atoms with van der Waals surface area (Å²) < 4.78 is 33.3. The zero-order valence-corrected chi connectivity index (χ0v) is 16.7. The summed E-state index contributed by atoms with van der Waals surface area (Å²) in [5, 5.41) is 4.86. The largest absolute Gasteiger partial charge is 0.364 e. The molecule has 0 spiro atoms. The number of sulfonamides is 1. The molecular formula is C18H14ClN3O3S2. The van der Waals surface area contributed by atoms with Crippen molar-refractivity contribution in [2.75, 3.05) is 4.72 Å². The van der Waals surface area contributed by atoms with Crippen LogP contribution in [0.3, 0.4) is 0 Å². The molecule has 0 aliphatic rings. The average molecular weight is 420 g/mol. The number of thiophene rings is 1. The van der Waals surface area contributed by atoms with E-state index in [1.807, 2.05) is 13.8 Å². The lowest BCUT2D eigenvalue weighted by Crippen LogP contribution is -2.13. The molecule has 6 nitrogen and oxygen atoms in total. The van der Waals surface area contributed by atoms with E-state index in [0.717, 1.165) is 26.2 Å². The summed E-state index contributed by atoms with van der Waals surface area (Å²) in [6, 6.07) is 7.87. The zero-order valence-electron chi connectivity index (χ0n) is 14.4. The van der Waals surface area contributed by atoms with Gasteiger partial charge in [-0.15, -0.1) is 11.3 Å². The molecule has 0 saturated carbocycles. The molecule has 4 aromatic rings. The van der Waals surface area contributed by atoms with Crippen molar-refractivity contribution >= 4 is 48.9 Å². The third kappa shape index (κ3) is 3.31. The highest BCUT2D eigenvalue weighted by Gasteiger charge is 2.21. The van der Waals surface area contributed by atoms with Crippen LogP contribution in [-0.2, 0) is 10.0 Å². The zero-order chi connectivity index (χ0) is 19.2. The Morgan fingerprint density at radius 1 is 1.22 bits per heavy atom. The quantitative estimate of drug-likeness (QED) is 0.501. The van der Waals surface area contributed by atoms with Crippen LogP contribution in [0.15, 0.2) is 52.2 Å². The van der Waals surface area contributed by atoms with Crippen molar-refractivity contribution in [1.29, 1.82) is 0 Å². The fraction of sp³-hybridized carbons (Fsp3) is 0.111. The summed E-state index contributed by atoms with van der Waals surface area (Å²) in [5.41, 5.74) is 2.93. The van der Waals surface area contributed by atoms with Crippen molar-refractivity contribution in [3.8, 4) is 10.4 Å². The summed E-state index contributed by atoms with van der Waals surface area (Å²) in [7, 11) is -3.79. The Morgan fingerprint density at radius 3 is 2.74 bits per heavy atom. The summed E-state index contributed by atoms with van der Waals surface area (Å²) >= 11 is 7.41. The van der Waals surface area contributed by atoms with Crippen molar-refractivity contribution in [3.05, 3.63) is 59.1 Å². The first-order chi connectivity index (χ1) is 12.8. The predicted octanol–water partition coefficient (Wildman–Crippen LogP) is 5.02. The number of halogens is 1. The first kappa shape index (κ1) is 18.0. The van der Waals surface area contributed by atoms with Crippen molar-refractivity contribution in [2.24, 2.45) is 0 Å². The van der Waals surface area contributed by atoms with Crippen molar-refractivity contribution < 1.29 is 12.9 Å². The second kappa shape index (κ2) is 6.63. The molecule has 0 bridgehead atoms. The molecule has 0 fully saturated rings. The fourth-order valence-corrected chi connectivity index (χ4v) is 5.46. The van der Waals surface area contributed by atoms with Crippen LogP contribution in [0, 0.1) is 13.8 Å². The average Bonchev–Trinajstić information content (AvgIpc) is 3.22. The van der Waals surface area contributed by atoms with E-state index in [1.54, 1.807) is 30.7 Å². The topological polar surface area (TPSA) is 85.1 Å². The molecule has 4 rings (SSSR count). The van der Waals surface area contributed by atoms with E-state index in [9.17, 15) is 8.42 Å². The number of hydrogen-bond donors (Lipinski definition) is 1. The second-order valence-electron chi connectivity index (χ2n) is 6.02. The Hall–Kier alpha value is -2.42. The van der Waals surface area contributed by atoms with Gasteiger partial charge < -0.3 is 4.52 Å². The molecule has 27 heavy (non-hydrogen) atoms. The lowest BCUT2D eigenvalue weighted by atomic mass is 10.1. The first-order valence-corrected chi connectivity index (χ1v) is 10.6. The van der Waals surface area contributed by atoms with Crippen LogP contribution in [0.1, 0.15) is 11.3 Å². The molecule has 0 radical (unpaired) electrons. The van der Waals surface area contributed by atoms with Gasteiger partial charge in [0.1, 0.15) is 11.1 Å². The number of nitrogens with zero attached hydrogens (tertiary/aromatic N) is 2. The molecule has 0 unspecified atom stereocenters. The minimum absolute atomic E-state index is 0.102. The highest BCUT2D eigenvalue weighted by atomic mass is 35.5. The SMILES string of the molecule is Cc1cc(NS(=O)(=O)c2cccc(Cl)c2)c2c(C)c(-c3cnoc3)sc2n1. The molecule has 3 aromatic heterocycles. The molecule has 138 valence electrons. The number of benzene rings is 1. The summed E-state index contributed by atoms with van der Waals surface area (Å²) in [4.78, 5) is 6.34. The Balaban J connectivity index is 1.87. The fourth-order valence-electron chi connectivity index (χ4n) is 2.88. The van der Waals surface area contributed by atoms with E-state index < -0.39 is 10.0 Å². The van der Waals surface area contributed by atoms with Gasteiger partial charge in [0.25, 0.3) is 10.0 Å². The van der Waals surface area contributed by atoms with Crippen LogP contribution in [0.2, 0.25) is 5.02 Å². The van der Waals surface area contributed by atoms with Crippen LogP contribution in [0.5, 0.6) is 0 Å². The maximum absolute atomic E-state index is 12.8. The third-order valence-corrected chi connectivity index (χ3v) is 6.91. The van der Waals surface area contributed by atoms with Gasteiger partial charge >= 0.3 is 0 Å². The molecule has 0 aliphatic carbocycles. The van der Waals surface area contributed by atoms with Crippen molar-refractivity contribution in [1.82, 2.24) is 10.1 Å². The van der Waals surface area contributed by atoms with E-state index in [4.69, 9.17) is 16.1 Å². The molecule has 0 saturated heterocycles. The van der Waals surface area contributed by atoms with Gasteiger partial charge in [0, 0.05) is 21.0 Å². The lowest BCUT2D eigenvalue weighted by molar-refractivity contribution is 0.420. The number of nitrogens with one attached hydrogen (secondary N) is 1. The van der Waals surface area contributed by atoms with Crippen LogP contribution < -0.4 is 4.72 Å². The number of hydrogen-bond acceptors (Lipinski definition) is 6. The minimum Gasteiger partial charge on any atom is -0.364 e.